The smallest absolute Gasteiger partial charge is 0.337 e. The van der Waals surface area contributed by atoms with Crippen LogP contribution in [0.1, 0.15) is 19.0 Å². The highest BCUT2D eigenvalue weighted by atomic mass is 16.6. The van der Waals surface area contributed by atoms with Gasteiger partial charge in [-0.2, -0.15) is 0 Å². The Morgan fingerprint density at radius 2 is 2.15 bits per heavy atom. The zero-order chi connectivity index (χ0) is 14.8. The lowest BCUT2D eigenvalue weighted by Crippen LogP contribution is -2.55. The quantitative estimate of drug-likeness (QED) is 0.693. The number of carboxylic acids is 1. The topological polar surface area (TPSA) is 115 Å². The molecule has 110 valence electrons. The minimum Gasteiger partial charge on any atom is -0.486 e. The predicted octanol–water partition coefficient (Wildman–Crippen LogP) is -0.0517. The summed E-state index contributed by atoms with van der Waals surface area (Å²) in [6.07, 6.45) is 1.62. The van der Waals surface area contributed by atoms with Crippen molar-refractivity contribution in [1.29, 1.82) is 0 Å². The van der Waals surface area contributed by atoms with Gasteiger partial charge in [-0.3, -0.25) is 4.98 Å². The molecule has 2 atom stereocenters. The molecule has 7 nitrogen and oxygen atoms in total. The summed E-state index contributed by atoms with van der Waals surface area (Å²) in [6.45, 7) is 2.59. The Hall–Kier alpha value is -1.86. The molecule has 0 saturated carbocycles. The van der Waals surface area contributed by atoms with Crippen LogP contribution in [0, 0.1) is 0 Å². The highest BCUT2D eigenvalue weighted by molar-refractivity contribution is 5.78. The number of ether oxygens (including phenoxy) is 2. The van der Waals surface area contributed by atoms with Crippen LogP contribution in [0.3, 0.4) is 0 Å². The Morgan fingerprint density at radius 1 is 1.50 bits per heavy atom. The third-order valence-corrected chi connectivity index (χ3v) is 3.36. The molecule has 0 radical (unpaired) electrons. The van der Waals surface area contributed by atoms with Crippen molar-refractivity contribution >= 4 is 5.97 Å². The number of nitrogens with two attached hydrogens (primary N) is 1. The van der Waals surface area contributed by atoms with Crippen LogP contribution in [0.4, 0.5) is 0 Å². The van der Waals surface area contributed by atoms with Crippen LogP contribution >= 0.6 is 0 Å². The van der Waals surface area contributed by atoms with Crippen molar-refractivity contribution in [3.8, 4) is 11.5 Å². The first-order valence-electron chi connectivity index (χ1n) is 6.43. The van der Waals surface area contributed by atoms with E-state index in [1.807, 2.05) is 0 Å². The fraction of sp³-hybridized carbons (Fsp3) is 0.538. The number of hydrogen-bond acceptors (Lipinski definition) is 6. The molecular formula is C13H18N2O5. The summed E-state index contributed by atoms with van der Waals surface area (Å²) in [5.41, 5.74) is 4.07. The summed E-state index contributed by atoms with van der Waals surface area (Å²) in [4.78, 5) is 15.4. The Bertz CT molecular complexity index is 508. The number of hydrogen-bond donors (Lipinski definition) is 3. The normalized spacial score (nSPS) is 18.1. The summed E-state index contributed by atoms with van der Waals surface area (Å²) < 4.78 is 10.7. The summed E-state index contributed by atoms with van der Waals surface area (Å²) in [6, 6.07) is 0.695. The van der Waals surface area contributed by atoms with Gasteiger partial charge in [0.15, 0.2) is 17.1 Å². The zero-order valence-electron chi connectivity index (χ0n) is 11.2. The van der Waals surface area contributed by atoms with Gasteiger partial charge in [0.1, 0.15) is 13.2 Å². The summed E-state index contributed by atoms with van der Waals surface area (Å²) >= 11 is 0. The van der Waals surface area contributed by atoms with Crippen molar-refractivity contribution in [3.63, 3.8) is 0 Å². The maximum Gasteiger partial charge on any atom is 0.337 e. The van der Waals surface area contributed by atoms with Crippen molar-refractivity contribution in [2.75, 3.05) is 13.2 Å². The second-order valence-electron chi connectivity index (χ2n) is 4.74. The molecule has 0 saturated heterocycles. The van der Waals surface area contributed by atoms with E-state index >= 15 is 0 Å². The molecule has 0 aliphatic carbocycles. The molecule has 0 amide bonds. The minimum absolute atomic E-state index is 0.187. The molecule has 0 fully saturated rings. The second kappa shape index (κ2) is 5.64. The number of aromatic nitrogens is 1. The molecule has 0 bridgehead atoms. The van der Waals surface area contributed by atoms with Crippen LogP contribution in [-0.2, 0) is 11.2 Å². The standard InChI is InChI=1S/C13H18N2O5/c1-2-11(14)13(18,12(16)17)6-8-5-9-10(7-15-8)20-4-3-19-9/h5,7,11,18H,2-4,6,14H2,1H3,(H,16,17). The van der Waals surface area contributed by atoms with Crippen molar-refractivity contribution in [3.05, 3.63) is 18.0 Å². The fourth-order valence-corrected chi connectivity index (χ4v) is 2.07. The molecule has 1 aromatic rings. The molecule has 7 heteroatoms. The van der Waals surface area contributed by atoms with Gasteiger partial charge in [0.2, 0.25) is 0 Å². The van der Waals surface area contributed by atoms with Crippen LogP contribution in [0.2, 0.25) is 0 Å². The third-order valence-electron chi connectivity index (χ3n) is 3.36. The van der Waals surface area contributed by atoms with Gasteiger partial charge in [-0.05, 0) is 6.42 Å². The van der Waals surface area contributed by atoms with Crippen LogP contribution < -0.4 is 15.2 Å². The van der Waals surface area contributed by atoms with Gasteiger partial charge in [-0.15, -0.1) is 0 Å². The first kappa shape index (κ1) is 14.5. The average molecular weight is 282 g/mol. The van der Waals surface area contributed by atoms with E-state index in [2.05, 4.69) is 4.98 Å². The maximum absolute atomic E-state index is 11.3. The summed E-state index contributed by atoms with van der Waals surface area (Å²) in [5.74, 6) is -0.346. The Balaban J connectivity index is 2.25. The van der Waals surface area contributed by atoms with Gasteiger partial charge in [0.05, 0.1) is 6.20 Å². The van der Waals surface area contributed by atoms with Gasteiger partial charge < -0.3 is 25.4 Å². The Kier molecular flexibility index (Phi) is 4.10. The molecule has 0 aromatic carbocycles. The highest BCUT2D eigenvalue weighted by Crippen LogP contribution is 2.30. The molecular weight excluding hydrogens is 264 g/mol. The van der Waals surface area contributed by atoms with Crippen LogP contribution in [0.15, 0.2) is 12.3 Å². The van der Waals surface area contributed by atoms with Crippen LogP contribution in [0.5, 0.6) is 11.5 Å². The number of pyridine rings is 1. The summed E-state index contributed by atoms with van der Waals surface area (Å²) in [7, 11) is 0. The number of nitrogens with zero attached hydrogens (tertiary/aromatic N) is 1. The number of rotatable bonds is 5. The Labute approximate surface area is 116 Å². The average Bonchev–Trinajstić information content (AvgIpc) is 2.45. The predicted molar refractivity (Wildman–Crippen MR) is 69.8 cm³/mol. The number of carbonyl (C=O) groups is 1. The third kappa shape index (κ3) is 2.68. The number of carboxylic acid groups (broad SMARTS) is 1. The second-order valence-corrected chi connectivity index (χ2v) is 4.74. The zero-order valence-corrected chi connectivity index (χ0v) is 11.2. The first-order chi connectivity index (χ1) is 9.47. The number of aliphatic hydroxyl groups is 1. The van der Waals surface area contributed by atoms with E-state index < -0.39 is 17.6 Å². The van der Waals surface area contributed by atoms with Gasteiger partial charge in [-0.1, -0.05) is 6.92 Å². The molecule has 2 rings (SSSR count). The lowest BCUT2D eigenvalue weighted by atomic mass is 9.88. The van der Waals surface area contributed by atoms with E-state index in [4.69, 9.17) is 15.2 Å². The molecule has 2 unspecified atom stereocenters. The van der Waals surface area contributed by atoms with Crippen molar-refractivity contribution < 1.29 is 24.5 Å². The lowest BCUT2D eigenvalue weighted by molar-refractivity contribution is -0.161. The number of aliphatic carboxylic acids is 1. The van der Waals surface area contributed by atoms with Crippen molar-refractivity contribution in [2.45, 2.75) is 31.4 Å². The van der Waals surface area contributed by atoms with Gasteiger partial charge in [0.25, 0.3) is 0 Å². The van der Waals surface area contributed by atoms with Crippen LogP contribution in [0.25, 0.3) is 0 Å². The highest BCUT2D eigenvalue weighted by Gasteiger charge is 2.42. The molecule has 1 aromatic heterocycles. The summed E-state index contributed by atoms with van der Waals surface area (Å²) in [5, 5.41) is 19.5. The van der Waals surface area contributed by atoms with Gasteiger partial charge >= 0.3 is 5.97 Å². The molecule has 1 aliphatic rings. The SMILES string of the molecule is CCC(N)C(O)(Cc1cc2c(cn1)OCCO2)C(=O)O. The van der Waals surface area contributed by atoms with E-state index in [1.54, 1.807) is 13.0 Å². The van der Waals surface area contributed by atoms with E-state index in [0.717, 1.165) is 0 Å². The minimum atomic E-state index is -2.05. The van der Waals surface area contributed by atoms with Crippen molar-refractivity contribution in [2.24, 2.45) is 5.73 Å². The molecule has 20 heavy (non-hydrogen) atoms. The van der Waals surface area contributed by atoms with Gasteiger partial charge in [-0.25, -0.2) is 4.79 Å². The van der Waals surface area contributed by atoms with Crippen LogP contribution in [-0.4, -0.2) is 46.0 Å². The lowest BCUT2D eigenvalue weighted by Gasteiger charge is -2.29. The van der Waals surface area contributed by atoms with E-state index in [-0.39, 0.29) is 6.42 Å². The van der Waals surface area contributed by atoms with Crippen molar-refractivity contribution in [1.82, 2.24) is 4.98 Å². The largest absolute Gasteiger partial charge is 0.486 e. The molecule has 2 heterocycles. The Morgan fingerprint density at radius 3 is 2.75 bits per heavy atom. The van der Waals surface area contributed by atoms with E-state index in [9.17, 15) is 15.0 Å². The van der Waals surface area contributed by atoms with E-state index in [1.165, 1.54) is 6.20 Å². The fourth-order valence-electron chi connectivity index (χ4n) is 2.07. The van der Waals surface area contributed by atoms with Gasteiger partial charge in [0, 0.05) is 24.2 Å². The molecule has 0 spiro atoms. The number of fused-ring (bicyclic) bond motifs is 1. The molecule has 1 aliphatic heterocycles. The molecule has 4 N–H and O–H groups in total. The monoisotopic (exact) mass is 282 g/mol. The first-order valence-corrected chi connectivity index (χ1v) is 6.43. The maximum atomic E-state index is 11.3. The van der Waals surface area contributed by atoms with E-state index in [0.29, 0.717) is 36.8 Å².